The van der Waals surface area contributed by atoms with Crippen molar-refractivity contribution in [2.75, 3.05) is 20.2 Å². The molecular weight excluding hydrogens is 400 g/mol. The Hall–Kier alpha value is -2.70. The molecule has 1 aliphatic rings. The van der Waals surface area contributed by atoms with Gasteiger partial charge in [-0.15, -0.1) is 0 Å². The Kier molecular flexibility index (Phi) is 4.69. The van der Waals surface area contributed by atoms with Crippen molar-refractivity contribution < 1.29 is 22.6 Å². The van der Waals surface area contributed by atoms with Crippen LogP contribution < -0.4 is 14.2 Å². The van der Waals surface area contributed by atoms with Crippen LogP contribution in [-0.4, -0.2) is 28.6 Å². The molecule has 1 heterocycles. The Morgan fingerprint density at radius 2 is 1.46 bits per heavy atom. The number of methoxy groups -OCH3 is 1. The molecule has 0 saturated carbocycles. The normalized spacial score (nSPS) is 12.8. The van der Waals surface area contributed by atoms with Crippen LogP contribution in [0.1, 0.15) is 0 Å². The third-order valence-corrected chi connectivity index (χ3v) is 5.99. The van der Waals surface area contributed by atoms with E-state index >= 15 is 0 Å². The molecule has 4 rings (SSSR count). The van der Waals surface area contributed by atoms with Crippen LogP contribution >= 0.6 is 11.6 Å². The minimum Gasteiger partial charge on any atom is -0.495 e. The zero-order chi connectivity index (χ0) is 19.9. The molecule has 0 N–H and O–H groups in total. The van der Waals surface area contributed by atoms with Gasteiger partial charge in [0.1, 0.15) is 5.75 Å². The van der Waals surface area contributed by atoms with Gasteiger partial charge in [0.25, 0.3) is 0 Å². The largest absolute Gasteiger partial charge is 0.495 e. The summed E-state index contributed by atoms with van der Waals surface area (Å²) in [5.74, 6) is 1.88. The maximum atomic E-state index is 11.8. The molecule has 28 heavy (non-hydrogen) atoms. The average molecular weight is 417 g/mol. The third-order valence-electron chi connectivity index (χ3n) is 4.57. The van der Waals surface area contributed by atoms with E-state index in [0.29, 0.717) is 22.3 Å². The molecule has 1 aliphatic heterocycles. The first-order valence-corrected chi connectivity index (χ1v) is 10.7. The summed E-state index contributed by atoms with van der Waals surface area (Å²) in [5.41, 5.74) is 3.50. The van der Waals surface area contributed by atoms with Crippen LogP contribution in [0.4, 0.5) is 0 Å². The first kappa shape index (κ1) is 18.7. The maximum Gasteiger partial charge on any atom is 0.231 e. The molecule has 0 saturated heterocycles. The SMILES string of the molecule is COc1ccc(-c2cc3c(cc2-c2ccc(S(C)(=O)=O)cc2)OCO3)cc1Cl. The second-order valence-electron chi connectivity index (χ2n) is 6.40. The zero-order valence-electron chi connectivity index (χ0n) is 15.2. The Labute approximate surface area is 168 Å². The summed E-state index contributed by atoms with van der Waals surface area (Å²) in [5, 5.41) is 0.496. The zero-order valence-corrected chi connectivity index (χ0v) is 16.8. The van der Waals surface area contributed by atoms with Crippen LogP contribution in [0.15, 0.2) is 59.5 Å². The van der Waals surface area contributed by atoms with E-state index in [1.54, 1.807) is 37.4 Å². The highest BCUT2D eigenvalue weighted by molar-refractivity contribution is 7.90. The highest BCUT2D eigenvalue weighted by Gasteiger charge is 2.20. The Morgan fingerprint density at radius 1 is 0.893 bits per heavy atom. The Morgan fingerprint density at radius 3 is 2.00 bits per heavy atom. The molecule has 144 valence electrons. The van der Waals surface area contributed by atoms with Gasteiger partial charge in [-0.3, -0.25) is 0 Å². The van der Waals surface area contributed by atoms with E-state index in [2.05, 4.69) is 0 Å². The van der Waals surface area contributed by atoms with Crippen molar-refractivity contribution >= 4 is 21.4 Å². The van der Waals surface area contributed by atoms with Crippen molar-refractivity contribution in [3.63, 3.8) is 0 Å². The lowest BCUT2D eigenvalue weighted by atomic mass is 9.94. The molecule has 0 unspecified atom stereocenters. The van der Waals surface area contributed by atoms with Gasteiger partial charge in [0.05, 0.1) is 17.0 Å². The van der Waals surface area contributed by atoms with Crippen molar-refractivity contribution in [2.45, 2.75) is 4.90 Å². The fourth-order valence-corrected chi connectivity index (χ4v) is 4.02. The molecule has 0 radical (unpaired) electrons. The van der Waals surface area contributed by atoms with Gasteiger partial charge in [-0.1, -0.05) is 29.8 Å². The van der Waals surface area contributed by atoms with Crippen molar-refractivity contribution in [1.82, 2.24) is 0 Å². The molecule has 3 aromatic rings. The molecule has 0 amide bonds. The Bertz CT molecular complexity index is 1150. The van der Waals surface area contributed by atoms with Crippen molar-refractivity contribution in [3.05, 3.63) is 59.6 Å². The standard InChI is InChI=1S/C21H17ClO5S/c1-25-19-8-5-14(9-18(19)22)17-11-21-20(26-12-27-21)10-16(17)13-3-6-15(7-4-13)28(2,23)24/h3-11H,12H2,1-2H3. The first-order valence-electron chi connectivity index (χ1n) is 8.45. The van der Waals surface area contributed by atoms with Crippen LogP contribution in [0.3, 0.4) is 0 Å². The lowest BCUT2D eigenvalue weighted by Gasteiger charge is -2.13. The number of sulfone groups is 1. The van der Waals surface area contributed by atoms with E-state index in [0.717, 1.165) is 22.3 Å². The number of hydrogen-bond donors (Lipinski definition) is 0. The molecule has 0 spiro atoms. The van der Waals surface area contributed by atoms with Gasteiger partial charge in [0.15, 0.2) is 21.3 Å². The van der Waals surface area contributed by atoms with Gasteiger partial charge in [-0.05, 0) is 58.7 Å². The fraction of sp³-hybridized carbons (Fsp3) is 0.143. The minimum atomic E-state index is -3.26. The number of ether oxygens (including phenoxy) is 3. The van der Waals surface area contributed by atoms with Gasteiger partial charge in [-0.25, -0.2) is 8.42 Å². The summed E-state index contributed by atoms with van der Waals surface area (Å²) in [6.45, 7) is 0.161. The summed E-state index contributed by atoms with van der Waals surface area (Å²) >= 11 is 6.32. The quantitative estimate of drug-likeness (QED) is 0.610. The van der Waals surface area contributed by atoms with E-state index in [1.807, 2.05) is 24.3 Å². The number of hydrogen-bond acceptors (Lipinski definition) is 5. The van der Waals surface area contributed by atoms with Gasteiger partial charge >= 0.3 is 0 Å². The van der Waals surface area contributed by atoms with Crippen molar-refractivity contribution in [3.8, 4) is 39.5 Å². The van der Waals surface area contributed by atoms with Gasteiger partial charge < -0.3 is 14.2 Å². The maximum absolute atomic E-state index is 11.8. The van der Waals surface area contributed by atoms with E-state index < -0.39 is 9.84 Å². The summed E-state index contributed by atoms with van der Waals surface area (Å²) in [6.07, 6.45) is 1.19. The van der Waals surface area contributed by atoms with Gasteiger partial charge in [0.2, 0.25) is 6.79 Å². The molecule has 0 fully saturated rings. The summed E-state index contributed by atoms with van der Waals surface area (Å²) < 4.78 is 39.8. The van der Waals surface area contributed by atoms with Gasteiger partial charge in [0, 0.05) is 6.26 Å². The smallest absolute Gasteiger partial charge is 0.231 e. The average Bonchev–Trinajstić information content (AvgIpc) is 3.14. The molecule has 0 bridgehead atoms. The molecule has 3 aromatic carbocycles. The summed E-state index contributed by atoms with van der Waals surface area (Å²) in [4.78, 5) is 0.269. The van der Waals surface area contributed by atoms with E-state index in [-0.39, 0.29) is 11.7 Å². The van der Waals surface area contributed by atoms with E-state index in [9.17, 15) is 8.42 Å². The second kappa shape index (κ2) is 7.04. The minimum absolute atomic E-state index is 0.161. The molecule has 5 nitrogen and oxygen atoms in total. The van der Waals surface area contributed by atoms with E-state index in [1.165, 1.54) is 6.26 Å². The highest BCUT2D eigenvalue weighted by Crippen LogP contribution is 2.44. The van der Waals surface area contributed by atoms with Crippen LogP contribution in [0, 0.1) is 0 Å². The highest BCUT2D eigenvalue weighted by atomic mass is 35.5. The number of fused-ring (bicyclic) bond motifs is 1. The monoisotopic (exact) mass is 416 g/mol. The molecule has 0 aromatic heterocycles. The number of rotatable bonds is 4. The van der Waals surface area contributed by atoms with Crippen LogP contribution in [0.2, 0.25) is 5.02 Å². The molecule has 0 aliphatic carbocycles. The first-order chi connectivity index (χ1) is 13.4. The summed E-state index contributed by atoms with van der Waals surface area (Å²) in [6, 6.07) is 16.1. The third kappa shape index (κ3) is 3.41. The van der Waals surface area contributed by atoms with Crippen molar-refractivity contribution in [1.29, 1.82) is 0 Å². The second-order valence-corrected chi connectivity index (χ2v) is 8.82. The van der Waals surface area contributed by atoms with Crippen LogP contribution in [-0.2, 0) is 9.84 Å². The van der Waals surface area contributed by atoms with E-state index in [4.69, 9.17) is 25.8 Å². The molecular formula is C21H17ClO5S. The fourth-order valence-electron chi connectivity index (χ4n) is 3.14. The Balaban J connectivity index is 1.88. The summed E-state index contributed by atoms with van der Waals surface area (Å²) in [7, 11) is -1.70. The van der Waals surface area contributed by atoms with Gasteiger partial charge in [-0.2, -0.15) is 0 Å². The lowest BCUT2D eigenvalue weighted by Crippen LogP contribution is -1.96. The lowest BCUT2D eigenvalue weighted by molar-refractivity contribution is 0.174. The van der Waals surface area contributed by atoms with Crippen LogP contribution in [0.25, 0.3) is 22.3 Å². The predicted octanol–water partition coefficient (Wildman–Crippen LogP) is 4.81. The topological polar surface area (TPSA) is 61.8 Å². The van der Waals surface area contributed by atoms with Crippen molar-refractivity contribution in [2.24, 2.45) is 0 Å². The molecule has 7 heteroatoms. The molecule has 0 atom stereocenters. The van der Waals surface area contributed by atoms with Crippen LogP contribution in [0.5, 0.6) is 17.2 Å². The number of benzene rings is 3. The number of halogens is 1. The predicted molar refractivity (Wildman–Crippen MR) is 108 cm³/mol.